The van der Waals surface area contributed by atoms with E-state index in [1.54, 1.807) is 7.11 Å². The predicted molar refractivity (Wildman–Crippen MR) is 90.4 cm³/mol. The Balaban J connectivity index is 1.85. The highest BCUT2D eigenvalue weighted by Gasteiger charge is 2.39. The van der Waals surface area contributed by atoms with Crippen LogP contribution in [0.4, 0.5) is 0 Å². The van der Waals surface area contributed by atoms with E-state index in [-0.39, 0.29) is 0 Å². The average Bonchev–Trinajstić information content (AvgIpc) is 3.41. The van der Waals surface area contributed by atoms with Gasteiger partial charge in [-0.25, -0.2) is 0 Å². The van der Waals surface area contributed by atoms with Gasteiger partial charge in [-0.05, 0) is 35.6 Å². The van der Waals surface area contributed by atoms with E-state index in [1.165, 1.54) is 29.2 Å². The number of nitrogens with one attached hydrogen (secondary N) is 1. The number of benzene rings is 2. The summed E-state index contributed by atoms with van der Waals surface area (Å²) in [5, 5.41) is 6.15. The summed E-state index contributed by atoms with van der Waals surface area (Å²) in [6, 6.07) is 13.6. The molecule has 2 fully saturated rings. The van der Waals surface area contributed by atoms with Gasteiger partial charge >= 0.3 is 0 Å². The van der Waals surface area contributed by atoms with Crippen LogP contribution < -0.4 is 10.1 Å². The Morgan fingerprint density at radius 2 is 1.86 bits per heavy atom. The first-order chi connectivity index (χ1) is 10.9. The summed E-state index contributed by atoms with van der Waals surface area (Å²) in [7, 11) is 1.80. The molecule has 116 valence electrons. The summed E-state index contributed by atoms with van der Waals surface area (Å²) >= 11 is 0. The third kappa shape index (κ3) is 2.49. The van der Waals surface area contributed by atoms with Crippen molar-refractivity contribution in [1.29, 1.82) is 0 Å². The minimum absolute atomic E-state index is 0.503. The Kier molecular flexibility index (Phi) is 3.77. The van der Waals surface area contributed by atoms with Gasteiger partial charge in [0.1, 0.15) is 5.75 Å². The van der Waals surface area contributed by atoms with E-state index in [9.17, 15) is 0 Å². The van der Waals surface area contributed by atoms with Crippen molar-refractivity contribution in [2.75, 3.05) is 33.3 Å². The lowest BCUT2D eigenvalue weighted by atomic mass is 9.93. The van der Waals surface area contributed by atoms with Crippen LogP contribution in [0.5, 0.6) is 5.75 Å². The number of hydrogen-bond donors (Lipinski definition) is 1. The molecule has 1 saturated carbocycles. The van der Waals surface area contributed by atoms with Crippen molar-refractivity contribution in [3.63, 3.8) is 0 Å². The van der Waals surface area contributed by atoms with Crippen molar-refractivity contribution in [3.8, 4) is 5.75 Å². The second kappa shape index (κ2) is 5.90. The Labute approximate surface area is 132 Å². The smallest absolute Gasteiger partial charge is 0.124 e. The molecule has 0 spiro atoms. The summed E-state index contributed by atoms with van der Waals surface area (Å²) < 4.78 is 5.76. The van der Waals surface area contributed by atoms with Crippen LogP contribution in [0.3, 0.4) is 0 Å². The molecule has 3 heteroatoms. The molecule has 1 aliphatic heterocycles. The van der Waals surface area contributed by atoms with Crippen molar-refractivity contribution >= 4 is 10.8 Å². The third-order valence-electron chi connectivity index (χ3n) is 5.06. The quantitative estimate of drug-likeness (QED) is 0.937. The van der Waals surface area contributed by atoms with Gasteiger partial charge in [-0.3, -0.25) is 4.90 Å². The first-order valence-electron chi connectivity index (χ1n) is 8.39. The Hall–Kier alpha value is -1.58. The molecule has 1 atom stereocenters. The minimum Gasteiger partial charge on any atom is -0.496 e. The Bertz CT molecular complexity index is 660. The highest BCUT2D eigenvalue weighted by molar-refractivity contribution is 5.88. The second-order valence-corrected chi connectivity index (χ2v) is 6.47. The molecule has 1 N–H and O–H groups in total. The summed E-state index contributed by atoms with van der Waals surface area (Å²) in [5.41, 5.74) is 1.41. The lowest BCUT2D eigenvalue weighted by Crippen LogP contribution is -2.45. The van der Waals surface area contributed by atoms with E-state index in [0.717, 1.165) is 37.8 Å². The maximum atomic E-state index is 5.76. The highest BCUT2D eigenvalue weighted by atomic mass is 16.5. The zero-order valence-corrected chi connectivity index (χ0v) is 13.2. The average molecular weight is 296 g/mol. The summed E-state index contributed by atoms with van der Waals surface area (Å²) in [6.07, 6.45) is 2.70. The van der Waals surface area contributed by atoms with E-state index in [2.05, 4.69) is 46.6 Å². The fraction of sp³-hybridized carbons (Fsp3) is 0.474. The Morgan fingerprint density at radius 3 is 2.59 bits per heavy atom. The van der Waals surface area contributed by atoms with Crippen LogP contribution >= 0.6 is 0 Å². The van der Waals surface area contributed by atoms with Crippen LogP contribution in [-0.2, 0) is 0 Å². The van der Waals surface area contributed by atoms with Crippen LogP contribution in [0.1, 0.15) is 24.4 Å². The Morgan fingerprint density at radius 1 is 1.09 bits per heavy atom. The number of ether oxygens (including phenoxy) is 1. The maximum absolute atomic E-state index is 5.76. The lowest BCUT2D eigenvalue weighted by Gasteiger charge is -2.36. The lowest BCUT2D eigenvalue weighted by molar-refractivity contribution is 0.154. The maximum Gasteiger partial charge on any atom is 0.124 e. The van der Waals surface area contributed by atoms with Crippen molar-refractivity contribution in [2.45, 2.75) is 18.9 Å². The number of rotatable bonds is 4. The van der Waals surface area contributed by atoms with Crippen LogP contribution in [0, 0.1) is 5.92 Å². The van der Waals surface area contributed by atoms with Gasteiger partial charge in [-0.2, -0.15) is 0 Å². The van der Waals surface area contributed by atoms with Gasteiger partial charge in [0.25, 0.3) is 0 Å². The molecule has 0 radical (unpaired) electrons. The molecule has 2 aromatic carbocycles. The molecule has 0 aromatic heterocycles. The van der Waals surface area contributed by atoms with Gasteiger partial charge in [-0.1, -0.05) is 30.3 Å². The number of fused-ring (bicyclic) bond motifs is 1. The van der Waals surface area contributed by atoms with Gasteiger partial charge in [0, 0.05) is 37.8 Å². The van der Waals surface area contributed by atoms with Crippen LogP contribution in [0.2, 0.25) is 0 Å². The van der Waals surface area contributed by atoms with Crippen molar-refractivity contribution in [1.82, 2.24) is 10.2 Å². The topological polar surface area (TPSA) is 24.5 Å². The standard InChI is InChI=1S/C19H24N2O/c1-22-17-9-8-14-4-2-3-5-16(14)18(17)19(15-6-7-15)21-12-10-20-11-13-21/h2-5,8-9,15,19-20H,6-7,10-13H2,1H3/t19-/m1/s1. The molecule has 4 rings (SSSR count). The number of methoxy groups -OCH3 is 1. The van der Waals surface area contributed by atoms with Crippen LogP contribution in [-0.4, -0.2) is 38.2 Å². The van der Waals surface area contributed by atoms with Crippen molar-refractivity contribution < 1.29 is 4.74 Å². The van der Waals surface area contributed by atoms with E-state index >= 15 is 0 Å². The largest absolute Gasteiger partial charge is 0.496 e. The zero-order valence-electron chi connectivity index (χ0n) is 13.2. The van der Waals surface area contributed by atoms with Crippen LogP contribution in [0.15, 0.2) is 36.4 Å². The predicted octanol–water partition coefficient (Wildman–Crippen LogP) is 3.20. The van der Waals surface area contributed by atoms with E-state index < -0.39 is 0 Å². The van der Waals surface area contributed by atoms with Crippen molar-refractivity contribution in [3.05, 3.63) is 42.0 Å². The third-order valence-corrected chi connectivity index (χ3v) is 5.06. The normalized spacial score (nSPS) is 21.0. The van der Waals surface area contributed by atoms with E-state index in [0.29, 0.717) is 6.04 Å². The fourth-order valence-corrected chi connectivity index (χ4v) is 3.85. The minimum atomic E-state index is 0.503. The second-order valence-electron chi connectivity index (χ2n) is 6.47. The SMILES string of the molecule is COc1ccc2ccccc2c1[C@@H](C1CC1)N1CCNCC1. The summed E-state index contributed by atoms with van der Waals surface area (Å²) in [6.45, 7) is 4.45. The van der Waals surface area contributed by atoms with Gasteiger partial charge in [0.05, 0.1) is 7.11 Å². The van der Waals surface area contributed by atoms with Gasteiger partial charge in [0.15, 0.2) is 0 Å². The van der Waals surface area contributed by atoms with E-state index in [4.69, 9.17) is 4.74 Å². The van der Waals surface area contributed by atoms with Crippen molar-refractivity contribution in [2.24, 2.45) is 5.92 Å². The van der Waals surface area contributed by atoms with Gasteiger partial charge < -0.3 is 10.1 Å². The molecular weight excluding hydrogens is 272 g/mol. The fourth-order valence-electron chi connectivity index (χ4n) is 3.85. The zero-order chi connectivity index (χ0) is 14.9. The number of nitrogens with zero attached hydrogens (tertiary/aromatic N) is 1. The molecule has 3 nitrogen and oxygen atoms in total. The molecule has 2 aliphatic rings. The highest BCUT2D eigenvalue weighted by Crippen LogP contribution is 2.49. The molecular formula is C19H24N2O. The van der Waals surface area contributed by atoms with Crippen LogP contribution in [0.25, 0.3) is 10.8 Å². The molecule has 0 amide bonds. The summed E-state index contributed by atoms with van der Waals surface area (Å²) in [4.78, 5) is 2.67. The first kappa shape index (κ1) is 14.0. The molecule has 22 heavy (non-hydrogen) atoms. The number of piperazine rings is 1. The number of hydrogen-bond acceptors (Lipinski definition) is 3. The molecule has 1 aliphatic carbocycles. The molecule has 0 bridgehead atoms. The van der Waals surface area contributed by atoms with E-state index in [1.807, 2.05) is 0 Å². The summed E-state index contributed by atoms with van der Waals surface area (Å²) in [5.74, 6) is 1.84. The monoisotopic (exact) mass is 296 g/mol. The van der Waals surface area contributed by atoms with Gasteiger partial charge in [0.2, 0.25) is 0 Å². The van der Waals surface area contributed by atoms with Gasteiger partial charge in [-0.15, -0.1) is 0 Å². The molecule has 1 saturated heterocycles. The molecule has 0 unspecified atom stereocenters. The molecule has 1 heterocycles. The first-order valence-corrected chi connectivity index (χ1v) is 8.39. The molecule has 2 aromatic rings.